The predicted octanol–water partition coefficient (Wildman–Crippen LogP) is 2.58. The molecular formula is C15H13N7O2S. The van der Waals surface area contributed by atoms with Crippen molar-refractivity contribution >= 4 is 45.6 Å². The third-order valence-electron chi connectivity index (χ3n) is 3.26. The first-order chi connectivity index (χ1) is 12.0. The Labute approximate surface area is 147 Å². The molecule has 0 bridgehead atoms. The molecule has 0 saturated carbocycles. The van der Waals surface area contributed by atoms with Gasteiger partial charge < -0.3 is 10.3 Å². The van der Waals surface area contributed by atoms with Crippen molar-refractivity contribution in [3.63, 3.8) is 0 Å². The second kappa shape index (κ2) is 7.01. The third-order valence-corrected chi connectivity index (χ3v) is 3.45. The Kier molecular flexibility index (Phi) is 4.61. The van der Waals surface area contributed by atoms with Crippen LogP contribution in [-0.4, -0.2) is 30.7 Å². The highest BCUT2D eigenvalue weighted by atomic mass is 32.1. The van der Waals surface area contributed by atoms with E-state index in [9.17, 15) is 10.1 Å². The largest absolute Gasteiger partial charge is 0.336 e. The number of nitrogens with zero attached hydrogens (tertiary/aromatic N) is 4. The first-order valence-corrected chi connectivity index (χ1v) is 7.60. The van der Waals surface area contributed by atoms with E-state index in [1.807, 2.05) is 12.1 Å². The van der Waals surface area contributed by atoms with Crippen molar-refractivity contribution in [2.75, 3.05) is 5.32 Å². The van der Waals surface area contributed by atoms with E-state index in [-0.39, 0.29) is 10.8 Å². The second-order valence-corrected chi connectivity index (χ2v) is 5.44. The number of anilines is 1. The summed E-state index contributed by atoms with van der Waals surface area (Å²) in [6.07, 6.45) is 1.67. The topological polar surface area (TPSA) is 121 Å². The van der Waals surface area contributed by atoms with Gasteiger partial charge in [-0.25, -0.2) is 9.97 Å². The van der Waals surface area contributed by atoms with Crippen LogP contribution in [0.2, 0.25) is 0 Å². The van der Waals surface area contributed by atoms with Gasteiger partial charge in [0.1, 0.15) is 5.71 Å². The smallest absolute Gasteiger partial charge is 0.269 e. The predicted molar refractivity (Wildman–Crippen MR) is 98.6 cm³/mol. The van der Waals surface area contributed by atoms with Crippen molar-refractivity contribution in [3.05, 3.63) is 58.5 Å². The van der Waals surface area contributed by atoms with Crippen LogP contribution >= 0.6 is 12.2 Å². The van der Waals surface area contributed by atoms with Crippen LogP contribution in [-0.2, 0) is 0 Å². The molecule has 0 aliphatic rings. The minimum atomic E-state index is -0.462. The number of pyridine rings is 1. The molecule has 0 spiro atoms. The van der Waals surface area contributed by atoms with Crippen LogP contribution in [0, 0.1) is 10.1 Å². The van der Waals surface area contributed by atoms with Crippen LogP contribution in [0.15, 0.2) is 47.7 Å². The number of benzene rings is 1. The molecule has 2 aromatic heterocycles. The maximum absolute atomic E-state index is 10.6. The fourth-order valence-corrected chi connectivity index (χ4v) is 2.19. The number of nitro benzene ring substituents is 1. The number of H-pyrrole nitrogens is 1. The van der Waals surface area contributed by atoms with Gasteiger partial charge in [0.2, 0.25) is 0 Å². The molecule has 1 aromatic carbocycles. The summed E-state index contributed by atoms with van der Waals surface area (Å²) in [6.45, 7) is 1.78. The SMILES string of the molecule is C/C(=N\NC(=S)Nc1ccc([N+](=O)[O-])cc1)c1nc2ncccc2[nH]1. The lowest BCUT2D eigenvalue weighted by molar-refractivity contribution is -0.384. The van der Waals surface area contributed by atoms with Gasteiger partial charge in [-0.15, -0.1) is 0 Å². The summed E-state index contributed by atoms with van der Waals surface area (Å²) in [5, 5.41) is 17.9. The molecule has 0 aliphatic heterocycles. The standard InChI is InChI=1S/C15H13N7O2S/c1-9(13-18-12-3-2-8-16-14(12)19-13)20-21-15(25)17-10-4-6-11(7-5-10)22(23)24/h2-8H,1H3,(H,16,18,19)(H2,17,21,25)/b20-9+. The number of nitrogens with one attached hydrogen (secondary N) is 3. The maximum Gasteiger partial charge on any atom is 0.269 e. The van der Waals surface area contributed by atoms with Gasteiger partial charge in [-0.2, -0.15) is 5.10 Å². The molecule has 25 heavy (non-hydrogen) atoms. The van der Waals surface area contributed by atoms with Crippen LogP contribution in [0.5, 0.6) is 0 Å². The van der Waals surface area contributed by atoms with Gasteiger partial charge >= 0.3 is 0 Å². The van der Waals surface area contributed by atoms with Crippen LogP contribution in [0.4, 0.5) is 11.4 Å². The quantitative estimate of drug-likeness (QED) is 0.285. The Hall–Kier alpha value is -3.40. The monoisotopic (exact) mass is 355 g/mol. The number of rotatable bonds is 4. The van der Waals surface area contributed by atoms with Crippen molar-refractivity contribution in [1.29, 1.82) is 0 Å². The molecule has 126 valence electrons. The van der Waals surface area contributed by atoms with E-state index < -0.39 is 4.92 Å². The average Bonchev–Trinajstić information content (AvgIpc) is 3.04. The van der Waals surface area contributed by atoms with Gasteiger partial charge in [-0.05, 0) is 43.4 Å². The van der Waals surface area contributed by atoms with Gasteiger partial charge in [-0.3, -0.25) is 15.5 Å². The summed E-state index contributed by atoms with van der Waals surface area (Å²) in [5.74, 6) is 0.583. The molecule has 0 radical (unpaired) electrons. The minimum Gasteiger partial charge on any atom is -0.336 e. The zero-order valence-corrected chi connectivity index (χ0v) is 13.9. The Bertz CT molecular complexity index is 932. The summed E-state index contributed by atoms with van der Waals surface area (Å²) in [7, 11) is 0. The molecule has 0 aliphatic carbocycles. The number of hydrogen-bond acceptors (Lipinski definition) is 6. The summed E-state index contributed by atoms with van der Waals surface area (Å²) < 4.78 is 0. The third kappa shape index (κ3) is 3.93. The molecule has 9 nitrogen and oxygen atoms in total. The summed E-state index contributed by atoms with van der Waals surface area (Å²) >= 11 is 5.15. The number of aromatic amines is 1. The van der Waals surface area contributed by atoms with Crippen molar-refractivity contribution in [1.82, 2.24) is 20.4 Å². The summed E-state index contributed by atoms with van der Waals surface area (Å²) in [5.41, 5.74) is 5.36. The summed E-state index contributed by atoms with van der Waals surface area (Å²) in [6, 6.07) is 9.60. The molecule has 3 rings (SSSR count). The number of nitro groups is 1. The molecule has 0 atom stereocenters. The fraction of sp³-hybridized carbons (Fsp3) is 0.0667. The minimum absolute atomic E-state index is 0.0109. The second-order valence-electron chi connectivity index (χ2n) is 5.03. The zero-order chi connectivity index (χ0) is 17.8. The van der Waals surface area contributed by atoms with Crippen LogP contribution < -0.4 is 10.7 Å². The van der Waals surface area contributed by atoms with Crippen molar-refractivity contribution in [2.24, 2.45) is 5.10 Å². The Balaban J connectivity index is 1.64. The Morgan fingerprint density at radius 2 is 2.08 bits per heavy atom. The van der Waals surface area contributed by atoms with Gasteiger partial charge in [0, 0.05) is 24.0 Å². The Morgan fingerprint density at radius 1 is 1.32 bits per heavy atom. The summed E-state index contributed by atoms with van der Waals surface area (Å²) in [4.78, 5) is 21.8. The molecule has 0 saturated heterocycles. The molecule has 3 N–H and O–H groups in total. The molecule has 0 amide bonds. The lowest BCUT2D eigenvalue weighted by atomic mass is 10.3. The van der Waals surface area contributed by atoms with E-state index >= 15 is 0 Å². The highest BCUT2D eigenvalue weighted by Crippen LogP contribution is 2.15. The Morgan fingerprint density at radius 3 is 2.76 bits per heavy atom. The number of non-ortho nitro benzene ring substituents is 1. The van der Waals surface area contributed by atoms with Crippen molar-refractivity contribution < 1.29 is 4.92 Å². The van der Waals surface area contributed by atoms with Crippen LogP contribution in [0.1, 0.15) is 12.7 Å². The molecule has 0 fully saturated rings. The number of hydrogen-bond donors (Lipinski definition) is 3. The highest BCUT2D eigenvalue weighted by Gasteiger charge is 2.07. The van der Waals surface area contributed by atoms with Gasteiger partial charge in [0.15, 0.2) is 16.6 Å². The lowest BCUT2D eigenvalue weighted by Gasteiger charge is -2.07. The van der Waals surface area contributed by atoms with E-state index in [0.717, 1.165) is 5.52 Å². The van der Waals surface area contributed by atoms with E-state index in [4.69, 9.17) is 12.2 Å². The molecule has 3 aromatic rings. The van der Waals surface area contributed by atoms with Gasteiger partial charge in [-0.1, -0.05) is 0 Å². The van der Waals surface area contributed by atoms with Gasteiger partial charge in [0.05, 0.1) is 10.4 Å². The highest BCUT2D eigenvalue weighted by molar-refractivity contribution is 7.80. The molecular weight excluding hydrogens is 342 g/mol. The molecule has 2 heterocycles. The number of fused-ring (bicyclic) bond motifs is 1. The van der Waals surface area contributed by atoms with E-state index in [1.165, 1.54) is 12.1 Å². The van der Waals surface area contributed by atoms with E-state index in [0.29, 0.717) is 22.9 Å². The molecule has 10 heteroatoms. The van der Waals surface area contributed by atoms with Crippen LogP contribution in [0.3, 0.4) is 0 Å². The van der Waals surface area contributed by atoms with E-state index in [2.05, 4.69) is 30.8 Å². The number of aromatic nitrogens is 3. The number of hydrazone groups is 1. The van der Waals surface area contributed by atoms with Crippen LogP contribution in [0.25, 0.3) is 11.2 Å². The number of thiocarbonyl (C=S) groups is 1. The first kappa shape index (κ1) is 16.5. The normalized spacial score (nSPS) is 11.3. The maximum atomic E-state index is 10.6. The van der Waals surface area contributed by atoms with Crippen molar-refractivity contribution in [3.8, 4) is 0 Å². The van der Waals surface area contributed by atoms with Crippen molar-refractivity contribution in [2.45, 2.75) is 6.92 Å². The van der Waals surface area contributed by atoms with E-state index in [1.54, 1.807) is 25.3 Å². The fourth-order valence-electron chi connectivity index (χ4n) is 2.03. The lowest BCUT2D eigenvalue weighted by Crippen LogP contribution is -2.25. The first-order valence-electron chi connectivity index (χ1n) is 7.20. The number of imidazole rings is 1. The molecule has 0 unspecified atom stereocenters. The van der Waals surface area contributed by atoms with Gasteiger partial charge in [0.25, 0.3) is 5.69 Å². The average molecular weight is 355 g/mol. The zero-order valence-electron chi connectivity index (χ0n) is 13.1.